The molecule has 0 unspecified atom stereocenters. The number of nitrogens with two attached hydrogens (primary N) is 1. The van der Waals surface area contributed by atoms with E-state index in [1.54, 1.807) is 13.3 Å². The van der Waals surface area contributed by atoms with Gasteiger partial charge in [0.05, 0.1) is 13.3 Å². The summed E-state index contributed by atoms with van der Waals surface area (Å²) in [5, 5.41) is 0. The summed E-state index contributed by atoms with van der Waals surface area (Å²) in [5.41, 5.74) is 5.72. The lowest BCUT2D eigenvalue weighted by Gasteiger charge is -2.09. The highest BCUT2D eigenvalue weighted by Gasteiger charge is 2.20. The molecule has 1 saturated carbocycles. The molecule has 2 N–H and O–H groups in total. The van der Waals surface area contributed by atoms with Crippen molar-refractivity contribution in [2.45, 2.75) is 31.6 Å². The molecule has 14 heavy (non-hydrogen) atoms. The van der Waals surface area contributed by atoms with Crippen LogP contribution < -0.4 is 10.5 Å². The molecule has 1 aliphatic rings. The first-order chi connectivity index (χ1) is 6.81. The van der Waals surface area contributed by atoms with E-state index in [1.807, 2.05) is 0 Å². The second-order valence-corrected chi connectivity index (χ2v) is 3.66. The molecule has 0 aliphatic heterocycles. The maximum absolute atomic E-state index is 5.72. The van der Waals surface area contributed by atoms with Crippen LogP contribution in [-0.4, -0.2) is 17.1 Å². The van der Waals surface area contributed by atoms with Gasteiger partial charge in [-0.15, -0.1) is 0 Å². The largest absolute Gasteiger partial charge is 0.491 e. The van der Waals surface area contributed by atoms with Gasteiger partial charge in [-0.3, -0.25) is 0 Å². The van der Waals surface area contributed by atoms with Crippen LogP contribution in [0.25, 0.3) is 0 Å². The van der Waals surface area contributed by atoms with Crippen molar-refractivity contribution < 1.29 is 4.74 Å². The lowest BCUT2D eigenvalue weighted by atomic mass is 10.1. The molecule has 4 heteroatoms. The zero-order chi connectivity index (χ0) is 9.97. The molecule has 1 aromatic heterocycles. The van der Waals surface area contributed by atoms with Crippen molar-refractivity contribution in [3.8, 4) is 5.75 Å². The van der Waals surface area contributed by atoms with Gasteiger partial charge in [-0.1, -0.05) is 12.8 Å². The van der Waals surface area contributed by atoms with Gasteiger partial charge in [0.1, 0.15) is 5.82 Å². The Balaban J connectivity index is 2.23. The number of nitrogen functional groups attached to an aromatic ring is 1. The van der Waals surface area contributed by atoms with E-state index in [9.17, 15) is 0 Å². The summed E-state index contributed by atoms with van der Waals surface area (Å²) >= 11 is 0. The van der Waals surface area contributed by atoms with Gasteiger partial charge in [-0.2, -0.15) is 0 Å². The van der Waals surface area contributed by atoms with Crippen LogP contribution in [0.3, 0.4) is 0 Å². The molecule has 4 nitrogen and oxygen atoms in total. The van der Waals surface area contributed by atoms with Crippen LogP contribution in [0, 0.1) is 0 Å². The van der Waals surface area contributed by atoms with Crippen molar-refractivity contribution >= 4 is 5.82 Å². The van der Waals surface area contributed by atoms with E-state index in [0.717, 1.165) is 5.82 Å². The van der Waals surface area contributed by atoms with E-state index in [0.29, 0.717) is 17.5 Å². The molecule has 1 aliphatic carbocycles. The van der Waals surface area contributed by atoms with Crippen molar-refractivity contribution in [2.75, 3.05) is 12.8 Å². The molecule has 76 valence electrons. The minimum atomic E-state index is 0.449. The summed E-state index contributed by atoms with van der Waals surface area (Å²) in [6, 6.07) is 0. The van der Waals surface area contributed by atoms with Crippen molar-refractivity contribution in [1.29, 1.82) is 0 Å². The summed E-state index contributed by atoms with van der Waals surface area (Å²) in [6.07, 6.45) is 6.59. The summed E-state index contributed by atoms with van der Waals surface area (Å²) < 4.78 is 5.01. The molecule has 0 saturated heterocycles. The van der Waals surface area contributed by atoms with Crippen LogP contribution in [-0.2, 0) is 0 Å². The highest BCUT2D eigenvalue weighted by molar-refractivity contribution is 5.43. The Hall–Kier alpha value is -1.32. The van der Waals surface area contributed by atoms with Crippen LogP contribution in [0.5, 0.6) is 5.75 Å². The van der Waals surface area contributed by atoms with E-state index in [-0.39, 0.29) is 0 Å². The SMILES string of the molecule is COc1cnc(C2CCCC2)nc1N. The number of nitrogens with zero attached hydrogens (tertiary/aromatic N) is 2. The highest BCUT2D eigenvalue weighted by Crippen LogP contribution is 2.33. The summed E-state index contributed by atoms with van der Waals surface area (Å²) in [7, 11) is 1.57. The normalized spacial score (nSPS) is 17.2. The Morgan fingerprint density at radius 3 is 2.71 bits per heavy atom. The number of aromatic nitrogens is 2. The maximum Gasteiger partial charge on any atom is 0.179 e. The van der Waals surface area contributed by atoms with Gasteiger partial charge in [-0.05, 0) is 12.8 Å². The zero-order valence-corrected chi connectivity index (χ0v) is 8.36. The third-order valence-electron chi connectivity index (χ3n) is 2.74. The smallest absolute Gasteiger partial charge is 0.179 e. The first kappa shape index (κ1) is 9.24. The number of hydrogen-bond acceptors (Lipinski definition) is 4. The average Bonchev–Trinajstić information content (AvgIpc) is 2.70. The van der Waals surface area contributed by atoms with Gasteiger partial charge >= 0.3 is 0 Å². The fourth-order valence-electron chi connectivity index (χ4n) is 1.94. The van der Waals surface area contributed by atoms with Gasteiger partial charge < -0.3 is 10.5 Å². The van der Waals surface area contributed by atoms with E-state index in [4.69, 9.17) is 10.5 Å². The number of ether oxygens (including phenoxy) is 1. The first-order valence-electron chi connectivity index (χ1n) is 4.97. The van der Waals surface area contributed by atoms with E-state index in [1.165, 1.54) is 25.7 Å². The van der Waals surface area contributed by atoms with Gasteiger partial charge in [0.2, 0.25) is 0 Å². The summed E-state index contributed by atoms with van der Waals surface area (Å²) in [4.78, 5) is 8.54. The number of hydrogen-bond donors (Lipinski definition) is 1. The monoisotopic (exact) mass is 193 g/mol. The quantitative estimate of drug-likeness (QED) is 0.777. The lowest BCUT2D eigenvalue weighted by molar-refractivity contribution is 0.412. The van der Waals surface area contributed by atoms with E-state index in [2.05, 4.69) is 9.97 Å². The van der Waals surface area contributed by atoms with E-state index >= 15 is 0 Å². The van der Waals surface area contributed by atoms with Crippen LogP contribution in [0.2, 0.25) is 0 Å². The van der Waals surface area contributed by atoms with E-state index < -0.39 is 0 Å². The average molecular weight is 193 g/mol. The third-order valence-corrected chi connectivity index (χ3v) is 2.74. The molecule has 0 bridgehead atoms. The molecular formula is C10H15N3O. The zero-order valence-electron chi connectivity index (χ0n) is 8.36. The maximum atomic E-state index is 5.72. The van der Waals surface area contributed by atoms with Crippen LogP contribution in [0.4, 0.5) is 5.82 Å². The number of anilines is 1. The molecule has 0 spiro atoms. The highest BCUT2D eigenvalue weighted by atomic mass is 16.5. The Labute approximate surface area is 83.5 Å². The molecule has 0 amide bonds. The molecule has 1 heterocycles. The van der Waals surface area contributed by atoms with Crippen LogP contribution in [0.15, 0.2) is 6.20 Å². The molecule has 0 aromatic carbocycles. The Bertz CT molecular complexity index is 321. The van der Waals surface area contributed by atoms with Crippen molar-refractivity contribution in [2.24, 2.45) is 0 Å². The van der Waals surface area contributed by atoms with Crippen molar-refractivity contribution in [3.05, 3.63) is 12.0 Å². The summed E-state index contributed by atoms with van der Waals surface area (Å²) in [6.45, 7) is 0. The van der Waals surface area contributed by atoms with Gasteiger partial charge in [0.25, 0.3) is 0 Å². The lowest BCUT2D eigenvalue weighted by Crippen LogP contribution is -2.04. The Kier molecular flexibility index (Phi) is 2.52. The Morgan fingerprint density at radius 2 is 2.14 bits per heavy atom. The minimum absolute atomic E-state index is 0.449. The molecular weight excluding hydrogens is 178 g/mol. The van der Waals surface area contributed by atoms with Crippen LogP contribution in [0.1, 0.15) is 37.4 Å². The Morgan fingerprint density at radius 1 is 1.43 bits per heavy atom. The van der Waals surface area contributed by atoms with Gasteiger partial charge in [-0.25, -0.2) is 9.97 Å². The second kappa shape index (κ2) is 3.82. The van der Waals surface area contributed by atoms with Crippen molar-refractivity contribution in [1.82, 2.24) is 9.97 Å². The first-order valence-corrected chi connectivity index (χ1v) is 4.97. The molecule has 1 aromatic rings. The molecule has 2 rings (SSSR count). The molecule has 0 atom stereocenters. The fraction of sp³-hybridized carbons (Fsp3) is 0.600. The predicted molar refractivity (Wildman–Crippen MR) is 54.2 cm³/mol. The predicted octanol–water partition coefficient (Wildman–Crippen LogP) is 1.72. The third kappa shape index (κ3) is 1.64. The minimum Gasteiger partial charge on any atom is -0.491 e. The fourth-order valence-corrected chi connectivity index (χ4v) is 1.94. The number of rotatable bonds is 2. The van der Waals surface area contributed by atoms with Gasteiger partial charge in [0.15, 0.2) is 11.6 Å². The topological polar surface area (TPSA) is 61.0 Å². The van der Waals surface area contributed by atoms with Gasteiger partial charge in [0, 0.05) is 5.92 Å². The molecule has 0 radical (unpaired) electrons. The van der Waals surface area contributed by atoms with Crippen molar-refractivity contribution in [3.63, 3.8) is 0 Å². The standard InChI is InChI=1S/C10H15N3O/c1-14-8-6-12-10(13-9(8)11)7-4-2-3-5-7/h6-7H,2-5H2,1H3,(H2,11,12,13). The molecule has 1 fully saturated rings. The number of methoxy groups -OCH3 is 1. The second-order valence-electron chi connectivity index (χ2n) is 3.66. The summed E-state index contributed by atoms with van der Waals surface area (Å²) in [5.74, 6) is 2.39. The van der Waals surface area contributed by atoms with Crippen LogP contribution >= 0.6 is 0 Å².